The van der Waals surface area contributed by atoms with Gasteiger partial charge >= 0.3 is 0 Å². The molecule has 4 aromatic rings. The van der Waals surface area contributed by atoms with E-state index in [1.807, 2.05) is 63.2 Å². The summed E-state index contributed by atoms with van der Waals surface area (Å²) in [5, 5.41) is 6.90. The van der Waals surface area contributed by atoms with Crippen molar-refractivity contribution < 1.29 is 9.32 Å². The van der Waals surface area contributed by atoms with Gasteiger partial charge in [-0.25, -0.2) is 4.98 Å². The first-order valence-electron chi connectivity index (χ1n) is 9.71. The second-order valence-corrected chi connectivity index (χ2v) is 7.49. The van der Waals surface area contributed by atoms with Gasteiger partial charge in [0.2, 0.25) is 5.91 Å². The zero-order valence-electron chi connectivity index (χ0n) is 17.1. The van der Waals surface area contributed by atoms with Crippen LogP contribution in [0, 0.1) is 20.8 Å². The summed E-state index contributed by atoms with van der Waals surface area (Å²) in [7, 11) is 0. The fourth-order valence-electron chi connectivity index (χ4n) is 3.41. The third-order valence-corrected chi connectivity index (χ3v) is 4.86. The van der Waals surface area contributed by atoms with E-state index < -0.39 is 0 Å². The number of carbonyl (C=O) groups excluding carboxylic acids is 1. The number of hydrogen-bond donors (Lipinski definition) is 1. The number of nitrogens with zero attached hydrogens (tertiary/aromatic N) is 3. The Kier molecular flexibility index (Phi) is 5.18. The van der Waals surface area contributed by atoms with Crippen LogP contribution in [0.25, 0.3) is 22.4 Å². The Labute approximate surface area is 173 Å². The smallest absolute Gasteiger partial charge is 0.299 e. The summed E-state index contributed by atoms with van der Waals surface area (Å²) in [6.07, 6.45) is 1.57. The van der Waals surface area contributed by atoms with Crippen LogP contribution in [0.3, 0.4) is 0 Å². The molecule has 0 fully saturated rings. The fraction of sp³-hybridized carbons (Fsp3) is 0.217. The van der Waals surface area contributed by atoms with E-state index in [1.165, 1.54) is 10.9 Å². The second-order valence-electron chi connectivity index (χ2n) is 7.49. The van der Waals surface area contributed by atoms with E-state index in [1.54, 1.807) is 0 Å². The lowest BCUT2D eigenvalue weighted by Gasteiger charge is -2.08. The summed E-state index contributed by atoms with van der Waals surface area (Å²) in [5.41, 5.74) is 5.53. The molecule has 2 aromatic carbocycles. The van der Waals surface area contributed by atoms with E-state index in [2.05, 4.69) is 15.5 Å². The third kappa shape index (κ3) is 4.00. The number of aromatic nitrogens is 3. The minimum atomic E-state index is -0.356. The molecule has 2 aromatic heterocycles. The number of fused-ring (bicyclic) bond motifs is 1. The highest BCUT2D eigenvalue weighted by atomic mass is 16.5. The van der Waals surface area contributed by atoms with E-state index in [0.717, 1.165) is 27.9 Å². The van der Waals surface area contributed by atoms with Crippen LogP contribution in [-0.4, -0.2) is 20.6 Å². The maximum atomic E-state index is 12.7. The molecular formula is C23H22N4O3. The first-order chi connectivity index (χ1) is 14.4. The number of carbonyl (C=O) groups is 1. The summed E-state index contributed by atoms with van der Waals surface area (Å²) in [4.78, 5) is 29.4. The Morgan fingerprint density at radius 1 is 1.03 bits per heavy atom. The number of rotatable bonds is 5. The Morgan fingerprint density at radius 3 is 2.43 bits per heavy atom. The molecule has 0 aliphatic heterocycles. The number of anilines is 1. The molecule has 0 atom stereocenters. The van der Waals surface area contributed by atoms with Crippen LogP contribution < -0.4 is 10.9 Å². The van der Waals surface area contributed by atoms with Gasteiger partial charge in [-0.15, -0.1) is 0 Å². The molecule has 30 heavy (non-hydrogen) atoms. The summed E-state index contributed by atoms with van der Waals surface area (Å²) in [6, 6.07) is 13.6. The Hall–Kier alpha value is -3.74. The fourth-order valence-corrected chi connectivity index (χ4v) is 3.41. The van der Waals surface area contributed by atoms with Gasteiger partial charge in [0.05, 0.1) is 6.33 Å². The monoisotopic (exact) mass is 402 g/mol. The largest absolute Gasteiger partial charge is 0.348 e. The van der Waals surface area contributed by atoms with Gasteiger partial charge in [-0.05, 0) is 44.0 Å². The van der Waals surface area contributed by atoms with E-state index in [0.29, 0.717) is 11.2 Å². The predicted molar refractivity (Wildman–Crippen MR) is 115 cm³/mol. The quantitative estimate of drug-likeness (QED) is 0.545. The highest BCUT2D eigenvalue weighted by Crippen LogP contribution is 2.24. The standard InChI is InChI=1S/C23H22N4O3/c1-14-4-6-17(7-5-14)20-21-22(30-26-20)23(29)27(13-24-21)9-8-19(28)25-18-11-15(2)10-16(3)12-18/h4-7,10-13H,8-9H2,1-3H3,(H,25,28). The molecule has 0 radical (unpaired) electrons. The van der Waals surface area contributed by atoms with Gasteiger partial charge in [0.25, 0.3) is 11.1 Å². The SMILES string of the molecule is Cc1ccc(-c2noc3c(=O)n(CCC(=O)Nc4cc(C)cc(C)c4)cnc23)cc1. The molecule has 0 spiro atoms. The molecular weight excluding hydrogens is 380 g/mol. The zero-order valence-corrected chi connectivity index (χ0v) is 17.1. The Balaban J connectivity index is 1.51. The average molecular weight is 402 g/mol. The maximum absolute atomic E-state index is 12.7. The van der Waals surface area contributed by atoms with Crippen LogP contribution >= 0.6 is 0 Å². The molecule has 2 heterocycles. The van der Waals surface area contributed by atoms with Crippen LogP contribution in [-0.2, 0) is 11.3 Å². The van der Waals surface area contributed by atoms with Crippen LogP contribution in [0.4, 0.5) is 5.69 Å². The van der Waals surface area contributed by atoms with E-state index in [-0.39, 0.29) is 30.0 Å². The minimum Gasteiger partial charge on any atom is -0.348 e. The van der Waals surface area contributed by atoms with Crippen molar-refractivity contribution >= 4 is 22.7 Å². The van der Waals surface area contributed by atoms with Crippen molar-refractivity contribution in [3.05, 3.63) is 75.8 Å². The van der Waals surface area contributed by atoms with Crippen molar-refractivity contribution in [3.63, 3.8) is 0 Å². The lowest BCUT2D eigenvalue weighted by atomic mass is 10.1. The van der Waals surface area contributed by atoms with Crippen molar-refractivity contribution in [2.24, 2.45) is 0 Å². The molecule has 4 rings (SSSR count). The third-order valence-electron chi connectivity index (χ3n) is 4.86. The molecule has 0 saturated heterocycles. The van der Waals surface area contributed by atoms with E-state index in [9.17, 15) is 9.59 Å². The number of benzene rings is 2. The lowest BCUT2D eigenvalue weighted by molar-refractivity contribution is -0.116. The molecule has 0 bridgehead atoms. The van der Waals surface area contributed by atoms with Crippen molar-refractivity contribution in [2.45, 2.75) is 33.7 Å². The van der Waals surface area contributed by atoms with Gasteiger partial charge in [-0.1, -0.05) is 41.1 Å². The van der Waals surface area contributed by atoms with Gasteiger partial charge in [-0.2, -0.15) is 0 Å². The van der Waals surface area contributed by atoms with E-state index >= 15 is 0 Å². The maximum Gasteiger partial charge on any atom is 0.299 e. The summed E-state index contributed by atoms with van der Waals surface area (Å²) in [5.74, 6) is -0.176. The average Bonchev–Trinajstić information content (AvgIpc) is 3.12. The predicted octanol–water partition coefficient (Wildman–Crippen LogP) is 4.01. The first-order valence-corrected chi connectivity index (χ1v) is 9.71. The Morgan fingerprint density at radius 2 is 1.73 bits per heavy atom. The molecule has 7 heteroatoms. The van der Waals surface area contributed by atoms with Crippen LogP contribution in [0.15, 0.2) is 58.1 Å². The molecule has 1 N–H and O–H groups in total. The zero-order chi connectivity index (χ0) is 21.3. The van der Waals surface area contributed by atoms with Gasteiger partial charge in [0.1, 0.15) is 11.2 Å². The molecule has 7 nitrogen and oxygen atoms in total. The van der Waals surface area contributed by atoms with Crippen LogP contribution in [0.2, 0.25) is 0 Å². The van der Waals surface area contributed by atoms with Crippen molar-refractivity contribution in [1.29, 1.82) is 0 Å². The topological polar surface area (TPSA) is 90.0 Å². The molecule has 0 aliphatic carbocycles. The lowest BCUT2D eigenvalue weighted by Crippen LogP contribution is -2.23. The van der Waals surface area contributed by atoms with E-state index in [4.69, 9.17) is 4.52 Å². The highest BCUT2D eigenvalue weighted by molar-refractivity contribution is 5.91. The summed E-state index contributed by atoms with van der Waals surface area (Å²) >= 11 is 0. The number of aryl methyl sites for hydroxylation is 4. The highest BCUT2D eigenvalue weighted by Gasteiger charge is 2.16. The first kappa shape index (κ1) is 19.6. The Bertz CT molecular complexity index is 1270. The van der Waals surface area contributed by atoms with Crippen LogP contribution in [0.1, 0.15) is 23.1 Å². The van der Waals surface area contributed by atoms with Gasteiger partial charge in [0, 0.05) is 24.2 Å². The van der Waals surface area contributed by atoms with Crippen LogP contribution in [0.5, 0.6) is 0 Å². The van der Waals surface area contributed by atoms with Crippen molar-refractivity contribution in [3.8, 4) is 11.3 Å². The molecule has 0 unspecified atom stereocenters. The van der Waals surface area contributed by atoms with Gasteiger partial charge in [-0.3, -0.25) is 14.2 Å². The van der Waals surface area contributed by atoms with Crippen molar-refractivity contribution in [2.75, 3.05) is 5.32 Å². The summed E-state index contributed by atoms with van der Waals surface area (Å²) < 4.78 is 6.66. The molecule has 0 saturated carbocycles. The number of amides is 1. The second kappa shape index (κ2) is 7.94. The number of hydrogen-bond acceptors (Lipinski definition) is 5. The summed E-state index contributed by atoms with van der Waals surface area (Å²) in [6.45, 7) is 6.15. The molecule has 0 aliphatic rings. The normalized spacial score (nSPS) is 11.0. The minimum absolute atomic E-state index is 0.0859. The molecule has 152 valence electrons. The van der Waals surface area contributed by atoms with Gasteiger partial charge in [0.15, 0.2) is 0 Å². The number of nitrogens with one attached hydrogen (secondary N) is 1. The van der Waals surface area contributed by atoms with Gasteiger partial charge < -0.3 is 9.84 Å². The molecule has 1 amide bonds. The van der Waals surface area contributed by atoms with Crippen molar-refractivity contribution in [1.82, 2.24) is 14.7 Å².